The van der Waals surface area contributed by atoms with Crippen LogP contribution in [0, 0.1) is 0 Å². The third kappa shape index (κ3) is 51.5. The van der Waals surface area contributed by atoms with Gasteiger partial charge in [-0.2, -0.15) is 0 Å². The summed E-state index contributed by atoms with van der Waals surface area (Å²) in [5.41, 5.74) is 0. The summed E-state index contributed by atoms with van der Waals surface area (Å²) >= 11 is 0.194. The van der Waals surface area contributed by atoms with Gasteiger partial charge in [0, 0.05) is 26.2 Å². The van der Waals surface area contributed by atoms with Crippen LogP contribution < -0.4 is 0 Å². The van der Waals surface area contributed by atoms with E-state index >= 15 is 0 Å². The summed E-state index contributed by atoms with van der Waals surface area (Å²) in [7, 11) is 0. The molecule has 6 N–H and O–H groups in total. The minimum absolute atomic E-state index is 0. The first-order chi connectivity index (χ1) is 1.00. The van der Waals surface area contributed by atoms with Crippen molar-refractivity contribution in [2.24, 2.45) is 0 Å². The van der Waals surface area contributed by atoms with Crippen LogP contribution in [0.3, 0.4) is 0 Å². The predicted molar refractivity (Wildman–Crippen MR) is 23.0 cm³/mol. The first-order valence-corrected chi connectivity index (χ1v) is 1.60. The average Bonchev–Trinajstić information content (AvgIpc) is 1.00. The zero-order valence-electron chi connectivity index (χ0n) is 2.80. The van der Waals surface area contributed by atoms with Gasteiger partial charge >= 0.3 is 27.5 Å². The molecule has 0 amide bonds. The summed E-state index contributed by atoms with van der Waals surface area (Å²) in [6.45, 7) is 0. The van der Waals surface area contributed by atoms with Crippen molar-refractivity contribution in [3.63, 3.8) is 0 Å². The Bertz CT molecular complexity index is 5.51. The molecule has 6 heavy (non-hydrogen) atoms. The second-order valence-corrected chi connectivity index (χ2v) is 0. The molecule has 0 atom stereocenters. The molecule has 6 heteroatoms. The molecule has 4 radical (unpaired) electrons. The maximum absolute atomic E-state index is 8.36. The van der Waals surface area contributed by atoms with Crippen LogP contribution in [0.1, 0.15) is 0 Å². The molecule has 4 nitrogen and oxygen atoms in total. The van der Waals surface area contributed by atoms with E-state index in [0.29, 0.717) is 0 Å². The first-order valence-electron chi connectivity index (χ1n) is 0.183. The third-order valence-electron chi connectivity index (χ3n) is 0. The maximum atomic E-state index is 8.36. The molecule has 0 heterocycles. The van der Waals surface area contributed by atoms with Crippen molar-refractivity contribution in [3.8, 4) is 0 Å². The molecule has 40 valence electrons. The fourth-order valence-corrected chi connectivity index (χ4v) is 0. The average molecular weight is 488 g/mol. The molecule has 0 rings (SSSR count). The van der Waals surface area contributed by atoms with Crippen LogP contribution in [0.25, 0.3) is 0 Å². The van der Waals surface area contributed by atoms with Gasteiger partial charge in [-0.1, -0.05) is 0 Å². The summed E-state index contributed by atoms with van der Waals surface area (Å²) < 4.78 is 8.36. The molecule has 0 spiro atoms. The molecule has 0 aliphatic carbocycles. The number of hydrogen-bond donors (Lipinski definition) is 0. The molecule has 0 bridgehead atoms. The van der Waals surface area contributed by atoms with Crippen LogP contribution in [0.2, 0.25) is 0 Å². The monoisotopic (exact) mass is 488 g/mol. The van der Waals surface area contributed by atoms with Gasteiger partial charge < -0.3 is 16.4 Å². The van der Waals surface area contributed by atoms with Crippen LogP contribution in [0.5, 0.6) is 0 Å². The molecule has 0 aromatic carbocycles. The van der Waals surface area contributed by atoms with Crippen LogP contribution in [-0.4, -0.2) is 67.4 Å². The molecule has 0 aliphatic rings. The van der Waals surface area contributed by atoms with E-state index < -0.39 is 0 Å². The van der Waals surface area contributed by atoms with E-state index in [-0.39, 0.29) is 67.4 Å². The van der Waals surface area contributed by atoms with Crippen molar-refractivity contribution < 1.29 is 19.2 Å². The summed E-state index contributed by atoms with van der Waals surface area (Å²) in [6.07, 6.45) is 0. The molecule has 0 fully saturated rings. The third-order valence-corrected chi connectivity index (χ3v) is 0. The van der Waals surface area contributed by atoms with Crippen molar-refractivity contribution in [1.29, 1.82) is 0 Å². The quantitative estimate of drug-likeness (QED) is 0.327. The van der Waals surface area contributed by atoms with E-state index in [1.165, 1.54) is 0 Å². The van der Waals surface area contributed by atoms with E-state index in [4.69, 9.17) is 2.81 Å². The zero-order valence-corrected chi connectivity index (χ0v) is 9.76. The van der Waals surface area contributed by atoms with Crippen molar-refractivity contribution >= 4 is 50.9 Å². The van der Waals surface area contributed by atoms with E-state index in [1.807, 2.05) is 0 Å². The minimum atomic E-state index is 0. The van der Waals surface area contributed by atoms with Crippen molar-refractivity contribution in [1.82, 2.24) is 0 Å². The van der Waals surface area contributed by atoms with Gasteiger partial charge in [0.05, 0.1) is 0 Å². The molecule has 0 saturated carbocycles. The first kappa shape index (κ1) is 51.7. The van der Waals surface area contributed by atoms with Crippen LogP contribution in [0.15, 0.2) is 0 Å². The Morgan fingerprint density at radius 1 is 0.833 bits per heavy atom. The van der Waals surface area contributed by atoms with Gasteiger partial charge in [0.15, 0.2) is 0 Å². The molecular formula is H6Bi2O4. The summed E-state index contributed by atoms with van der Waals surface area (Å²) in [5.74, 6) is 0. The van der Waals surface area contributed by atoms with Crippen molar-refractivity contribution in [2.45, 2.75) is 0 Å². The van der Waals surface area contributed by atoms with Gasteiger partial charge in [-0.05, 0) is 0 Å². The Morgan fingerprint density at radius 3 is 0.833 bits per heavy atom. The van der Waals surface area contributed by atoms with E-state index in [2.05, 4.69) is 0 Å². The molecule has 0 aromatic rings. The Kier molecular flexibility index (Phi) is 788. The van der Waals surface area contributed by atoms with E-state index in [0.717, 1.165) is 0 Å². The fourth-order valence-electron chi connectivity index (χ4n) is 0. The second-order valence-electron chi connectivity index (χ2n) is 0. The van der Waals surface area contributed by atoms with Crippen molar-refractivity contribution in [3.05, 3.63) is 0 Å². The molecular weight excluding hydrogens is 482 g/mol. The molecule has 0 saturated heterocycles. The SMILES string of the molecule is O.O.O.[Bi].[O]=[Bi]. The number of rotatable bonds is 0. The van der Waals surface area contributed by atoms with Gasteiger partial charge in [-0.3, -0.25) is 0 Å². The van der Waals surface area contributed by atoms with Crippen LogP contribution in [-0.2, 0) is 2.81 Å². The Balaban J connectivity index is -0.000000000833. The summed E-state index contributed by atoms with van der Waals surface area (Å²) in [6, 6.07) is 0. The normalized spacial score (nSPS) is 0.667. The van der Waals surface area contributed by atoms with Gasteiger partial charge in [0.2, 0.25) is 0 Å². The molecule has 0 aliphatic heterocycles. The van der Waals surface area contributed by atoms with E-state index in [1.54, 1.807) is 0 Å². The Morgan fingerprint density at radius 2 is 0.833 bits per heavy atom. The standard InChI is InChI=1S/2Bi.3H2O.O/h;;3*1H2;. The van der Waals surface area contributed by atoms with Gasteiger partial charge in [0.25, 0.3) is 0 Å². The van der Waals surface area contributed by atoms with Gasteiger partial charge in [0.1, 0.15) is 0 Å². The van der Waals surface area contributed by atoms with Gasteiger partial charge in [-0.25, -0.2) is 0 Å². The van der Waals surface area contributed by atoms with E-state index in [9.17, 15) is 0 Å². The predicted octanol–water partition coefficient (Wildman–Crippen LogP) is -3.35. The summed E-state index contributed by atoms with van der Waals surface area (Å²) in [4.78, 5) is 0. The second kappa shape index (κ2) is 91.4. The van der Waals surface area contributed by atoms with Crippen LogP contribution in [0.4, 0.5) is 0 Å². The Labute approximate surface area is 69.6 Å². The topological polar surface area (TPSA) is 112 Å². The molecule has 0 unspecified atom stereocenters. The number of hydrogen-bond acceptors (Lipinski definition) is 1. The summed E-state index contributed by atoms with van der Waals surface area (Å²) in [5, 5.41) is 0. The fraction of sp³-hybridized carbons (Fsp3) is 0. The van der Waals surface area contributed by atoms with Crippen molar-refractivity contribution in [2.75, 3.05) is 0 Å². The Hall–Kier alpha value is 1.45. The van der Waals surface area contributed by atoms with Crippen LogP contribution >= 0.6 is 0 Å². The molecule has 0 aromatic heterocycles. The zero-order chi connectivity index (χ0) is 2.00. The van der Waals surface area contributed by atoms with Gasteiger partial charge in [-0.15, -0.1) is 0 Å².